The van der Waals surface area contributed by atoms with Gasteiger partial charge >= 0.3 is 0 Å². The lowest BCUT2D eigenvalue weighted by atomic mass is 10.2. The Kier molecular flexibility index (Phi) is 1.59. The highest BCUT2D eigenvalue weighted by molar-refractivity contribution is 5.85. The Morgan fingerprint density at radius 3 is 3.23 bits per heavy atom. The highest BCUT2D eigenvalue weighted by Gasteiger charge is 2.08. The molecule has 0 saturated carbocycles. The summed E-state index contributed by atoms with van der Waals surface area (Å²) in [6.07, 6.45) is 1.21. The zero-order valence-corrected chi connectivity index (χ0v) is 6.41. The van der Waals surface area contributed by atoms with Gasteiger partial charge < -0.3 is 10.4 Å². The number of hydrogen-bond acceptors (Lipinski definition) is 5. The van der Waals surface area contributed by atoms with Crippen molar-refractivity contribution in [2.45, 2.75) is 0 Å². The summed E-state index contributed by atoms with van der Waals surface area (Å²) in [7, 11) is 0. The van der Waals surface area contributed by atoms with E-state index >= 15 is 0 Å². The van der Waals surface area contributed by atoms with Gasteiger partial charge in [0.15, 0.2) is 0 Å². The average molecular weight is 179 g/mol. The van der Waals surface area contributed by atoms with Crippen molar-refractivity contribution in [3.8, 4) is 0 Å². The van der Waals surface area contributed by atoms with Crippen LogP contribution in [0.1, 0.15) is 5.56 Å². The maximum Gasteiger partial charge on any atom is 0.248 e. The van der Waals surface area contributed by atoms with E-state index in [1.165, 1.54) is 12.3 Å². The van der Waals surface area contributed by atoms with Crippen LogP contribution in [-0.2, 0) is 0 Å². The van der Waals surface area contributed by atoms with Crippen molar-refractivity contribution in [2.24, 2.45) is 5.16 Å². The quantitative estimate of drug-likeness (QED) is 0.294. The van der Waals surface area contributed by atoms with Gasteiger partial charge in [-0.25, -0.2) is 0 Å². The van der Waals surface area contributed by atoms with Gasteiger partial charge in [-0.3, -0.25) is 4.63 Å². The summed E-state index contributed by atoms with van der Waals surface area (Å²) in [5.74, 6) is 0. The van der Waals surface area contributed by atoms with Crippen LogP contribution in [0.3, 0.4) is 0 Å². The van der Waals surface area contributed by atoms with Gasteiger partial charge in [0.2, 0.25) is 11.0 Å². The second kappa shape index (κ2) is 2.74. The van der Waals surface area contributed by atoms with E-state index in [4.69, 9.17) is 5.21 Å². The number of aromatic nitrogens is 2. The maximum atomic E-state index is 10.9. The Hall–Kier alpha value is -2.11. The third kappa shape index (κ3) is 1.18. The van der Waals surface area contributed by atoms with Gasteiger partial charge in [-0.2, -0.15) is 0 Å². The van der Waals surface area contributed by atoms with Crippen LogP contribution < -0.4 is 4.90 Å². The fourth-order valence-electron chi connectivity index (χ4n) is 1.04. The summed E-state index contributed by atoms with van der Waals surface area (Å²) in [4.78, 5) is 0.296. The molecule has 0 fully saturated rings. The molecule has 0 aliphatic rings. The maximum absolute atomic E-state index is 10.9. The first-order chi connectivity index (χ1) is 6.31. The van der Waals surface area contributed by atoms with Crippen LogP contribution in [0.5, 0.6) is 0 Å². The zero-order valence-electron chi connectivity index (χ0n) is 6.41. The van der Waals surface area contributed by atoms with Gasteiger partial charge in [0, 0.05) is 16.8 Å². The topological polar surface area (TPSA) is 85.6 Å². The van der Waals surface area contributed by atoms with Gasteiger partial charge in [0.1, 0.15) is 0 Å². The molecule has 0 saturated heterocycles. The molecule has 2 aromatic rings. The lowest BCUT2D eigenvalue weighted by Crippen LogP contribution is -2.22. The molecule has 0 atom stereocenters. The minimum absolute atomic E-state index is 0.296. The minimum Gasteiger partial charge on any atom is -0.411 e. The van der Waals surface area contributed by atoms with Crippen molar-refractivity contribution in [3.05, 3.63) is 29.0 Å². The molecule has 0 radical (unpaired) electrons. The molecule has 0 bridgehead atoms. The molecule has 1 aromatic carbocycles. The van der Waals surface area contributed by atoms with Gasteiger partial charge in [0.05, 0.1) is 6.21 Å². The molecular formula is C7H5N3O3. The molecule has 0 spiro atoms. The van der Waals surface area contributed by atoms with Crippen LogP contribution in [0.15, 0.2) is 28.0 Å². The Labute approximate surface area is 72.2 Å². The van der Waals surface area contributed by atoms with Crippen molar-refractivity contribution in [1.82, 2.24) is 5.16 Å². The molecule has 0 unspecified atom stereocenters. The summed E-state index contributed by atoms with van der Waals surface area (Å²) in [5.41, 5.74) is 1.37. The first kappa shape index (κ1) is 7.53. The summed E-state index contributed by atoms with van der Waals surface area (Å²) < 4.78 is 4.35. The summed E-state index contributed by atoms with van der Waals surface area (Å²) in [6, 6.07) is 4.77. The highest BCUT2D eigenvalue weighted by Crippen LogP contribution is 2.08. The molecular weight excluding hydrogens is 174 g/mol. The van der Waals surface area contributed by atoms with E-state index in [-0.39, 0.29) is 0 Å². The largest absolute Gasteiger partial charge is 0.411 e. The molecule has 66 valence electrons. The van der Waals surface area contributed by atoms with Crippen LogP contribution in [0, 0.1) is 5.21 Å². The number of rotatable bonds is 1. The third-order valence-electron chi connectivity index (χ3n) is 1.62. The van der Waals surface area contributed by atoms with Gasteiger partial charge in [0.25, 0.3) is 0 Å². The van der Waals surface area contributed by atoms with E-state index in [9.17, 15) is 5.21 Å². The molecule has 1 aromatic heterocycles. The van der Waals surface area contributed by atoms with Crippen molar-refractivity contribution in [3.63, 3.8) is 0 Å². The lowest BCUT2D eigenvalue weighted by molar-refractivity contribution is -0.782. The van der Waals surface area contributed by atoms with E-state index in [1.54, 1.807) is 12.1 Å². The van der Waals surface area contributed by atoms with Gasteiger partial charge in [-0.15, -0.1) is 0 Å². The van der Waals surface area contributed by atoms with Crippen molar-refractivity contribution < 1.29 is 14.7 Å². The fraction of sp³-hybridized carbons (Fsp3) is 0. The van der Waals surface area contributed by atoms with Crippen LogP contribution in [0.2, 0.25) is 0 Å². The van der Waals surface area contributed by atoms with Crippen LogP contribution >= 0.6 is 0 Å². The van der Waals surface area contributed by atoms with Crippen molar-refractivity contribution in [1.29, 1.82) is 0 Å². The first-order valence-electron chi connectivity index (χ1n) is 3.48. The van der Waals surface area contributed by atoms with E-state index < -0.39 is 0 Å². The molecule has 2 rings (SSSR count). The lowest BCUT2D eigenvalue weighted by Gasteiger charge is -1.88. The van der Waals surface area contributed by atoms with E-state index in [0.717, 1.165) is 0 Å². The van der Waals surface area contributed by atoms with E-state index in [2.05, 4.69) is 14.9 Å². The number of hydrogen-bond donors (Lipinski definition) is 1. The Bertz CT molecular complexity index is 463. The Morgan fingerprint density at radius 1 is 1.62 bits per heavy atom. The van der Waals surface area contributed by atoms with Crippen LogP contribution in [0.4, 0.5) is 0 Å². The number of benzene rings is 1. The van der Waals surface area contributed by atoms with Crippen LogP contribution in [0.25, 0.3) is 11.0 Å². The molecule has 1 N–H and O–H groups in total. The molecule has 6 heteroatoms. The average Bonchev–Trinajstić information content (AvgIpc) is 2.49. The number of nitrogens with zero attached hydrogens (tertiary/aromatic N) is 3. The molecule has 13 heavy (non-hydrogen) atoms. The van der Waals surface area contributed by atoms with E-state index in [0.29, 0.717) is 21.5 Å². The van der Waals surface area contributed by atoms with Crippen molar-refractivity contribution >= 4 is 17.2 Å². The Morgan fingerprint density at radius 2 is 2.46 bits per heavy atom. The summed E-state index contributed by atoms with van der Waals surface area (Å²) in [5, 5.41) is 25.5. The van der Waals surface area contributed by atoms with Crippen molar-refractivity contribution in [2.75, 3.05) is 0 Å². The van der Waals surface area contributed by atoms with Crippen LogP contribution in [-0.4, -0.2) is 16.6 Å². The zero-order chi connectivity index (χ0) is 9.26. The number of oxime groups is 1. The normalized spacial score (nSPS) is 11.4. The molecule has 0 amide bonds. The second-order valence-electron chi connectivity index (χ2n) is 2.42. The molecule has 0 aliphatic heterocycles. The van der Waals surface area contributed by atoms with E-state index in [1.807, 2.05) is 0 Å². The molecule has 0 aliphatic carbocycles. The van der Waals surface area contributed by atoms with Gasteiger partial charge in [-0.1, -0.05) is 5.16 Å². The third-order valence-corrected chi connectivity index (χ3v) is 1.62. The predicted octanol–water partition coefficient (Wildman–Crippen LogP) is 0.269. The first-order valence-corrected chi connectivity index (χ1v) is 3.48. The monoisotopic (exact) mass is 179 g/mol. The fourth-order valence-corrected chi connectivity index (χ4v) is 1.04. The predicted molar refractivity (Wildman–Crippen MR) is 42.3 cm³/mol. The minimum atomic E-state index is 0.296. The molecule has 6 nitrogen and oxygen atoms in total. The second-order valence-corrected chi connectivity index (χ2v) is 2.42. The highest BCUT2D eigenvalue weighted by atomic mass is 16.8. The van der Waals surface area contributed by atoms with Gasteiger partial charge in [-0.05, 0) is 17.0 Å². The summed E-state index contributed by atoms with van der Waals surface area (Å²) >= 11 is 0. The number of fused-ring (bicyclic) bond motifs is 1. The SMILES string of the molecule is [O-][n+]1onc2ccc(/C=N/O)cc21. The summed E-state index contributed by atoms with van der Waals surface area (Å²) in [6.45, 7) is 0. The smallest absolute Gasteiger partial charge is 0.248 e. The standard InChI is InChI=1S/C7H5N3O3/c11-8-4-5-1-2-6-7(3-5)10(12)13-9-6/h1-4,11H/b8-4+. The Balaban J connectivity index is 2.65. The molecule has 1 heterocycles.